The molecule has 0 aliphatic heterocycles. The number of methoxy groups -OCH3 is 1. The number of benzene rings is 1. The predicted molar refractivity (Wildman–Crippen MR) is 57.5 cm³/mol. The molecule has 0 amide bonds. The van der Waals surface area contributed by atoms with E-state index in [4.69, 9.17) is 16.3 Å². The third kappa shape index (κ3) is 1.90. The van der Waals surface area contributed by atoms with Crippen LogP contribution in [0.1, 0.15) is 0 Å². The molecule has 1 rings (SSSR count). The Morgan fingerprint density at radius 1 is 1.50 bits per heavy atom. The first-order chi connectivity index (χ1) is 5.70. The molecule has 1 aromatic rings. The average molecular weight is 268 g/mol. The van der Waals surface area contributed by atoms with E-state index >= 15 is 0 Å². The van der Waals surface area contributed by atoms with Crippen LogP contribution < -0.4 is 4.74 Å². The molecule has 66 valence electrons. The summed E-state index contributed by atoms with van der Waals surface area (Å²) in [6.07, 6.45) is 1.98. The molecular formula is C8H8BrClOS. The molecule has 0 aliphatic rings. The van der Waals surface area contributed by atoms with Crippen LogP contribution in [0.2, 0.25) is 5.02 Å². The monoisotopic (exact) mass is 266 g/mol. The van der Waals surface area contributed by atoms with E-state index in [1.807, 2.05) is 18.4 Å². The molecule has 0 aromatic heterocycles. The molecule has 0 fully saturated rings. The van der Waals surface area contributed by atoms with Crippen molar-refractivity contribution < 1.29 is 4.74 Å². The summed E-state index contributed by atoms with van der Waals surface area (Å²) >= 11 is 11.0. The van der Waals surface area contributed by atoms with Gasteiger partial charge in [0.15, 0.2) is 0 Å². The largest absolute Gasteiger partial charge is 0.495 e. The van der Waals surface area contributed by atoms with E-state index in [9.17, 15) is 0 Å². The van der Waals surface area contributed by atoms with Crippen LogP contribution in [0.15, 0.2) is 21.5 Å². The summed E-state index contributed by atoms with van der Waals surface area (Å²) in [7, 11) is 1.61. The number of hydrogen-bond acceptors (Lipinski definition) is 2. The van der Waals surface area contributed by atoms with Crippen molar-refractivity contribution in [1.82, 2.24) is 0 Å². The van der Waals surface area contributed by atoms with Crippen molar-refractivity contribution in [2.45, 2.75) is 4.90 Å². The van der Waals surface area contributed by atoms with Crippen LogP contribution in [0.3, 0.4) is 0 Å². The summed E-state index contributed by atoms with van der Waals surface area (Å²) in [5, 5.41) is 0.666. The fourth-order valence-electron chi connectivity index (χ4n) is 0.859. The molecule has 4 heteroatoms. The summed E-state index contributed by atoms with van der Waals surface area (Å²) in [6, 6.07) is 3.77. The Hall–Kier alpha value is 0.140. The number of hydrogen-bond donors (Lipinski definition) is 0. The Balaban J connectivity index is 3.24. The maximum Gasteiger partial charge on any atom is 0.138 e. The lowest BCUT2D eigenvalue weighted by Gasteiger charge is -2.07. The van der Waals surface area contributed by atoms with Crippen LogP contribution >= 0.6 is 39.3 Å². The molecule has 0 N–H and O–H groups in total. The van der Waals surface area contributed by atoms with Crippen molar-refractivity contribution >= 4 is 39.3 Å². The van der Waals surface area contributed by atoms with Gasteiger partial charge in [0.25, 0.3) is 0 Å². The van der Waals surface area contributed by atoms with Crippen molar-refractivity contribution in [1.29, 1.82) is 0 Å². The topological polar surface area (TPSA) is 9.23 Å². The third-order valence-corrected chi connectivity index (χ3v) is 3.68. The van der Waals surface area contributed by atoms with Crippen LogP contribution in [0.5, 0.6) is 5.75 Å². The highest BCUT2D eigenvalue weighted by atomic mass is 79.9. The van der Waals surface area contributed by atoms with Crippen LogP contribution in [0, 0.1) is 0 Å². The number of rotatable bonds is 2. The molecular weight excluding hydrogens is 260 g/mol. The van der Waals surface area contributed by atoms with E-state index < -0.39 is 0 Å². The van der Waals surface area contributed by atoms with Gasteiger partial charge in [0.05, 0.1) is 12.1 Å². The SMILES string of the molecule is COc1ccc(Br)c(SC)c1Cl. The molecule has 0 unspecified atom stereocenters. The van der Waals surface area contributed by atoms with Crippen molar-refractivity contribution in [3.8, 4) is 5.75 Å². The Morgan fingerprint density at radius 3 is 2.67 bits per heavy atom. The molecule has 0 atom stereocenters. The molecule has 0 saturated heterocycles. The van der Waals surface area contributed by atoms with Crippen LogP contribution in [-0.4, -0.2) is 13.4 Å². The fraction of sp³-hybridized carbons (Fsp3) is 0.250. The second-order valence-electron chi connectivity index (χ2n) is 2.10. The second-order valence-corrected chi connectivity index (χ2v) is 4.15. The zero-order chi connectivity index (χ0) is 9.14. The molecule has 0 aliphatic carbocycles. The van der Waals surface area contributed by atoms with E-state index in [2.05, 4.69) is 15.9 Å². The van der Waals surface area contributed by atoms with E-state index in [1.54, 1.807) is 18.9 Å². The molecule has 1 nitrogen and oxygen atoms in total. The smallest absolute Gasteiger partial charge is 0.138 e. The van der Waals surface area contributed by atoms with Crippen molar-refractivity contribution in [3.05, 3.63) is 21.6 Å². The highest BCUT2D eigenvalue weighted by Gasteiger charge is 2.08. The highest BCUT2D eigenvalue weighted by molar-refractivity contribution is 9.10. The third-order valence-electron chi connectivity index (χ3n) is 1.44. The molecule has 0 spiro atoms. The van der Waals surface area contributed by atoms with Crippen LogP contribution in [-0.2, 0) is 0 Å². The Bertz CT molecular complexity index is 291. The molecule has 12 heavy (non-hydrogen) atoms. The normalized spacial score (nSPS) is 10.0. The molecule has 1 aromatic carbocycles. The van der Waals surface area contributed by atoms with Crippen molar-refractivity contribution in [2.24, 2.45) is 0 Å². The van der Waals surface area contributed by atoms with Gasteiger partial charge in [0, 0.05) is 9.37 Å². The maximum absolute atomic E-state index is 6.04. The Kier molecular flexibility index (Phi) is 3.75. The van der Waals surface area contributed by atoms with Crippen molar-refractivity contribution in [3.63, 3.8) is 0 Å². The van der Waals surface area contributed by atoms with Gasteiger partial charge in [0.1, 0.15) is 5.75 Å². The van der Waals surface area contributed by atoms with Gasteiger partial charge in [0.2, 0.25) is 0 Å². The standard InChI is InChI=1S/C8H8BrClOS/c1-11-6-4-3-5(9)8(12-2)7(6)10/h3-4H,1-2H3. The summed E-state index contributed by atoms with van der Waals surface area (Å²) < 4.78 is 6.08. The minimum atomic E-state index is 0.666. The molecule has 0 radical (unpaired) electrons. The minimum absolute atomic E-state index is 0.666. The first-order valence-electron chi connectivity index (χ1n) is 3.26. The van der Waals surface area contributed by atoms with Gasteiger partial charge >= 0.3 is 0 Å². The van der Waals surface area contributed by atoms with Gasteiger partial charge in [-0.25, -0.2) is 0 Å². The molecule has 0 heterocycles. The number of thioether (sulfide) groups is 1. The highest BCUT2D eigenvalue weighted by Crippen LogP contribution is 2.38. The lowest BCUT2D eigenvalue weighted by atomic mass is 10.3. The lowest BCUT2D eigenvalue weighted by molar-refractivity contribution is 0.414. The summed E-state index contributed by atoms with van der Waals surface area (Å²) in [5.74, 6) is 0.712. The zero-order valence-corrected chi connectivity index (χ0v) is 9.89. The maximum atomic E-state index is 6.04. The van der Waals surface area contributed by atoms with Crippen molar-refractivity contribution in [2.75, 3.05) is 13.4 Å². The van der Waals surface area contributed by atoms with E-state index in [0.29, 0.717) is 10.8 Å². The minimum Gasteiger partial charge on any atom is -0.495 e. The van der Waals surface area contributed by atoms with Gasteiger partial charge in [-0.2, -0.15) is 0 Å². The Labute approximate surface area is 89.6 Å². The number of halogens is 2. The fourth-order valence-corrected chi connectivity index (χ4v) is 2.81. The van der Waals surface area contributed by atoms with E-state index in [-0.39, 0.29) is 0 Å². The van der Waals surface area contributed by atoms with Crippen LogP contribution in [0.4, 0.5) is 0 Å². The first-order valence-corrected chi connectivity index (χ1v) is 5.66. The second kappa shape index (κ2) is 4.40. The summed E-state index contributed by atoms with van der Waals surface area (Å²) in [5.41, 5.74) is 0. The van der Waals surface area contributed by atoms with E-state index in [1.165, 1.54) is 0 Å². The van der Waals surface area contributed by atoms with Crippen LogP contribution in [0.25, 0.3) is 0 Å². The van der Waals surface area contributed by atoms with Gasteiger partial charge in [-0.3, -0.25) is 0 Å². The summed E-state index contributed by atoms with van der Waals surface area (Å²) in [4.78, 5) is 1.01. The lowest BCUT2D eigenvalue weighted by Crippen LogP contribution is -1.86. The first kappa shape index (κ1) is 10.2. The van der Waals surface area contributed by atoms with Gasteiger partial charge < -0.3 is 4.74 Å². The quantitative estimate of drug-likeness (QED) is 0.753. The van der Waals surface area contributed by atoms with Gasteiger partial charge in [-0.1, -0.05) is 11.6 Å². The number of ether oxygens (including phenoxy) is 1. The molecule has 0 saturated carbocycles. The van der Waals surface area contributed by atoms with Gasteiger partial charge in [-0.15, -0.1) is 11.8 Å². The Morgan fingerprint density at radius 2 is 2.17 bits per heavy atom. The van der Waals surface area contributed by atoms with Gasteiger partial charge in [-0.05, 0) is 34.3 Å². The van der Waals surface area contributed by atoms with E-state index in [0.717, 1.165) is 9.37 Å². The zero-order valence-electron chi connectivity index (χ0n) is 6.73. The predicted octanol–water partition coefficient (Wildman–Crippen LogP) is 3.83. The summed E-state index contributed by atoms with van der Waals surface area (Å²) in [6.45, 7) is 0. The molecule has 0 bridgehead atoms. The average Bonchev–Trinajstić information content (AvgIpc) is 2.06.